The van der Waals surface area contributed by atoms with Crippen LogP contribution < -0.4 is 15.1 Å². The zero-order chi connectivity index (χ0) is 17.8. The molecule has 1 saturated heterocycles. The monoisotopic (exact) mass is 352 g/mol. The number of para-hydroxylation sites is 1. The molecule has 1 fully saturated rings. The molecule has 2 aromatic rings. The lowest BCUT2D eigenvalue weighted by molar-refractivity contribution is -0.921. The predicted octanol–water partition coefficient (Wildman–Crippen LogP) is 1.10. The molecule has 0 unspecified atom stereocenters. The summed E-state index contributed by atoms with van der Waals surface area (Å²) in [6.07, 6.45) is 1.02. The summed E-state index contributed by atoms with van der Waals surface area (Å²) in [6, 6.07) is 16.6. The summed E-state index contributed by atoms with van der Waals surface area (Å²) < 4.78 is 5.40. The Labute approximate surface area is 154 Å². The van der Waals surface area contributed by atoms with Gasteiger partial charge in [0.05, 0.1) is 19.8 Å². The third kappa shape index (κ3) is 4.06. The van der Waals surface area contributed by atoms with Gasteiger partial charge in [-0.15, -0.1) is 0 Å². The number of hydrogen-bond donors (Lipinski definition) is 2. The Morgan fingerprint density at radius 2 is 1.85 bits per heavy atom. The van der Waals surface area contributed by atoms with Crippen LogP contribution in [0.5, 0.6) is 0 Å². The highest BCUT2D eigenvalue weighted by Gasteiger charge is 2.20. The van der Waals surface area contributed by atoms with Gasteiger partial charge in [-0.25, -0.2) is 0 Å². The molecule has 0 atom stereocenters. The Bertz CT molecular complexity index is 754. The molecule has 2 aliphatic heterocycles. The molecule has 2 N–H and O–H groups in total. The highest BCUT2D eigenvalue weighted by Crippen LogP contribution is 2.26. The maximum absolute atomic E-state index is 12.4. The summed E-state index contributed by atoms with van der Waals surface area (Å²) in [5.41, 5.74) is 4.68. The van der Waals surface area contributed by atoms with Crippen LogP contribution in [0.25, 0.3) is 0 Å². The van der Waals surface area contributed by atoms with E-state index in [0.717, 1.165) is 51.5 Å². The third-order valence-corrected chi connectivity index (χ3v) is 5.21. The van der Waals surface area contributed by atoms with Gasteiger partial charge in [-0.1, -0.05) is 30.3 Å². The van der Waals surface area contributed by atoms with E-state index in [-0.39, 0.29) is 5.91 Å². The van der Waals surface area contributed by atoms with Crippen LogP contribution in [0.3, 0.4) is 0 Å². The number of morpholine rings is 1. The van der Waals surface area contributed by atoms with Gasteiger partial charge in [0, 0.05) is 23.5 Å². The summed E-state index contributed by atoms with van der Waals surface area (Å²) in [7, 11) is 0. The minimum Gasteiger partial charge on any atom is -0.370 e. The average molecular weight is 352 g/mol. The number of quaternary nitrogens is 1. The molecule has 2 heterocycles. The first-order valence-corrected chi connectivity index (χ1v) is 9.41. The molecule has 5 nitrogen and oxygen atoms in total. The Morgan fingerprint density at radius 1 is 1.08 bits per heavy atom. The highest BCUT2D eigenvalue weighted by molar-refractivity contribution is 5.94. The van der Waals surface area contributed by atoms with Gasteiger partial charge in [0.25, 0.3) is 0 Å². The van der Waals surface area contributed by atoms with Crippen LogP contribution in [0.15, 0.2) is 48.5 Å². The van der Waals surface area contributed by atoms with E-state index in [0.29, 0.717) is 6.54 Å². The van der Waals surface area contributed by atoms with Crippen molar-refractivity contribution in [3.05, 3.63) is 59.7 Å². The third-order valence-electron chi connectivity index (χ3n) is 5.21. The van der Waals surface area contributed by atoms with Crippen molar-refractivity contribution in [1.82, 2.24) is 0 Å². The van der Waals surface area contributed by atoms with Crippen LogP contribution in [-0.2, 0) is 22.5 Å². The molecule has 136 valence electrons. The molecule has 0 aliphatic carbocycles. The Balaban J connectivity index is 1.30. The van der Waals surface area contributed by atoms with Crippen LogP contribution in [0.1, 0.15) is 11.1 Å². The Hall–Kier alpha value is -2.37. The number of amides is 1. The molecule has 0 aromatic heterocycles. The van der Waals surface area contributed by atoms with Crippen molar-refractivity contribution in [3.63, 3.8) is 0 Å². The molecule has 4 rings (SSSR count). The number of nitrogens with zero attached hydrogens (tertiary/aromatic N) is 1. The molecule has 2 aliphatic rings. The van der Waals surface area contributed by atoms with E-state index in [9.17, 15) is 4.79 Å². The molecule has 0 bridgehead atoms. The van der Waals surface area contributed by atoms with Crippen molar-refractivity contribution >= 4 is 17.3 Å². The van der Waals surface area contributed by atoms with Crippen molar-refractivity contribution in [2.45, 2.75) is 13.0 Å². The lowest BCUT2D eigenvalue weighted by Crippen LogP contribution is -3.12. The molecule has 0 spiro atoms. The van der Waals surface area contributed by atoms with Gasteiger partial charge in [0.15, 0.2) is 0 Å². The first-order chi connectivity index (χ1) is 12.8. The van der Waals surface area contributed by atoms with Crippen LogP contribution in [0.4, 0.5) is 11.4 Å². The van der Waals surface area contributed by atoms with Crippen LogP contribution in [0, 0.1) is 0 Å². The maximum atomic E-state index is 12.4. The summed E-state index contributed by atoms with van der Waals surface area (Å²) in [5.74, 6) is 0.0354. The minimum atomic E-state index is 0.0354. The number of fused-ring (bicyclic) bond motifs is 1. The van der Waals surface area contributed by atoms with Crippen molar-refractivity contribution in [2.75, 3.05) is 49.6 Å². The average Bonchev–Trinajstić information content (AvgIpc) is 3.07. The lowest BCUT2D eigenvalue weighted by atomic mass is 10.2. The van der Waals surface area contributed by atoms with Gasteiger partial charge in [-0.2, -0.15) is 0 Å². The van der Waals surface area contributed by atoms with Crippen molar-refractivity contribution in [1.29, 1.82) is 0 Å². The van der Waals surface area contributed by atoms with E-state index in [1.165, 1.54) is 16.8 Å². The topological polar surface area (TPSA) is 46.0 Å². The zero-order valence-electron chi connectivity index (χ0n) is 15.0. The molecule has 2 aromatic carbocycles. The second-order valence-electron chi connectivity index (χ2n) is 7.08. The Morgan fingerprint density at radius 3 is 2.65 bits per heavy atom. The SMILES string of the molecule is O=C(CN1CCc2ccccc21)Nc1ccc(C[NH+]2CCOCC2)cc1. The van der Waals surface area contributed by atoms with Crippen LogP contribution >= 0.6 is 0 Å². The number of anilines is 2. The van der Waals surface area contributed by atoms with Gasteiger partial charge in [0.2, 0.25) is 5.91 Å². The molecular weight excluding hydrogens is 326 g/mol. The number of benzene rings is 2. The maximum Gasteiger partial charge on any atom is 0.243 e. The largest absolute Gasteiger partial charge is 0.370 e. The second-order valence-corrected chi connectivity index (χ2v) is 7.08. The summed E-state index contributed by atoms with van der Waals surface area (Å²) >= 11 is 0. The van der Waals surface area contributed by atoms with Gasteiger partial charge >= 0.3 is 0 Å². The predicted molar refractivity (Wildman–Crippen MR) is 103 cm³/mol. The number of carbonyl (C=O) groups excluding carboxylic acids is 1. The van der Waals surface area contributed by atoms with Gasteiger partial charge < -0.3 is 19.9 Å². The second kappa shape index (κ2) is 7.89. The molecule has 0 radical (unpaired) electrons. The number of rotatable bonds is 5. The molecule has 5 heteroatoms. The van der Waals surface area contributed by atoms with Gasteiger partial charge in [0.1, 0.15) is 19.6 Å². The lowest BCUT2D eigenvalue weighted by Gasteiger charge is -2.23. The number of hydrogen-bond acceptors (Lipinski definition) is 3. The van der Waals surface area contributed by atoms with E-state index in [2.05, 4.69) is 40.5 Å². The summed E-state index contributed by atoms with van der Waals surface area (Å²) in [5, 5.41) is 3.02. The van der Waals surface area contributed by atoms with Crippen LogP contribution in [0.2, 0.25) is 0 Å². The fourth-order valence-corrected chi connectivity index (χ4v) is 3.78. The summed E-state index contributed by atoms with van der Waals surface area (Å²) in [4.78, 5) is 16.1. The highest BCUT2D eigenvalue weighted by atomic mass is 16.5. The minimum absolute atomic E-state index is 0.0354. The fourth-order valence-electron chi connectivity index (χ4n) is 3.78. The molecular formula is C21H26N3O2+. The van der Waals surface area contributed by atoms with Crippen molar-refractivity contribution < 1.29 is 14.4 Å². The first-order valence-electron chi connectivity index (χ1n) is 9.41. The van der Waals surface area contributed by atoms with Crippen molar-refractivity contribution in [3.8, 4) is 0 Å². The smallest absolute Gasteiger partial charge is 0.243 e. The normalized spacial score (nSPS) is 17.2. The van der Waals surface area contributed by atoms with E-state index in [1.54, 1.807) is 4.90 Å². The van der Waals surface area contributed by atoms with Crippen LogP contribution in [-0.4, -0.2) is 45.3 Å². The summed E-state index contributed by atoms with van der Waals surface area (Å²) in [6.45, 7) is 6.16. The standard InChI is InChI=1S/C21H25N3O2/c25-21(16-24-10-9-18-3-1-2-4-20(18)24)22-19-7-5-17(6-8-19)15-23-11-13-26-14-12-23/h1-8H,9-16H2,(H,22,25)/p+1. The number of carbonyl (C=O) groups is 1. The van der Waals surface area contributed by atoms with E-state index < -0.39 is 0 Å². The number of nitrogens with one attached hydrogen (secondary N) is 2. The Kier molecular flexibility index (Phi) is 5.18. The van der Waals surface area contributed by atoms with E-state index in [4.69, 9.17) is 4.74 Å². The van der Waals surface area contributed by atoms with E-state index >= 15 is 0 Å². The first kappa shape index (κ1) is 17.1. The van der Waals surface area contributed by atoms with E-state index in [1.807, 2.05) is 18.2 Å². The molecule has 26 heavy (non-hydrogen) atoms. The zero-order valence-corrected chi connectivity index (χ0v) is 15.0. The molecule has 0 saturated carbocycles. The fraction of sp³-hybridized carbons (Fsp3) is 0.381. The number of ether oxygens (including phenoxy) is 1. The quantitative estimate of drug-likeness (QED) is 0.847. The van der Waals surface area contributed by atoms with Gasteiger partial charge in [-0.3, -0.25) is 4.79 Å². The molecule has 1 amide bonds. The van der Waals surface area contributed by atoms with Crippen molar-refractivity contribution in [2.24, 2.45) is 0 Å². The van der Waals surface area contributed by atoms with Gasteiger partial charge in [-0.05, 0) is 30.2 Å².